The third-order valence-electron chi connectivity index (χ3n) is 5.27. The molecule has 162 valence electrons. The highest BCUT2D eigenvalue weighted by molar-refractivity contribution is 7.89. The maximum atomic E-state index is 12.8. The molecule has 1 saturated heterocycles. The number of hydrogen-bond donors (Lipinski definition) is 1. The van der Waals surface area contributed by atoms with Gasteiger partial charge in [0, 0.05) is 24.3 Å². The predicted octanol–water partition coefficient (Wildman–Crippen LogP) is 3.42. The minimum absolute atomic E-state index is 0.0746. The van der Waals surface area contributed by atoms with Gasteiger partial charge in [0.25, 0.3) is 0 Å². The van der Waals surface area contributed by atoms with Crippen LogP contribution in [0.1, 0.15) is 30.1 Å². The summed E-state index contributed by atoms with van der Waals surface area (Å²) in [7, 11) is -0.431. The zero-order valence-electron chi connectivity index (χ0n) is 17.6. The molecule has 0 saturated carbocycles. The average molecular weight is 433 g/mol. The number of nitrogens with zero attached hydrogens (tertiary/aromatic N) is 1. The van der Waals surface area contributed by atoms with E-state index in [1.165, 1.54) is 14.2 Å². The van der Waals surface area contributed by atoms with Gasteiger partial charge in [0.1, 0.15) is 0 Å². The molecule has 2 aromatic carbocycles. The molecule has 1 atom stereocenters. The van der Waals surface area contributed by atoms with E-state index in [-0.39, 0.29) is 17.2 Å². The van der Waals surface area contributed by atoms with E-state index in [0.717, 1.165) is 12.8 Å². The Morgan fingerprint density at radius 2 is 1.80 bits per heavy atom. The van der Waals surface area contributed by atoms with Crippen molar-refractivity contribution in [3.63, 3.8) is 0 Å². The number of nitrogens with one attached hydrogen (secondary N) is 1. The molecule has 0 radical (unpaired) electrons. The van der Waals surface area contributed by atoms with E-state index in [0.29, 0.717) is 41.8 Å². The number of benzene rings is 2. The third kappa shape index (κ3) is 4.94. The van der Waals surface area contributed by atoms with Crippen molar-refractivity contribution in [3.8, 4) is 11.5 Å². The van der Waals surface area contributed by atoms with Crippen LogP contribution < -0.4 is 14.8 Å². The maximum absolute atomic E-state index is 12.8. The molecule has 3 rings (SSSR count). The largest absolute Gasteiger partial charge is 0.493 e. The third-order valence-corrected chi connectivity index (χ3v) is 7.15. The van der Waals surface area contributed by atoms with Gasteiger partial charge in [0.15, 0.2) is 17.3 Å². The second-order valence-electron chi connectivity index (χ2n) is 7.48. The zero-order valence-corrected chi connectivity index (χ0v) is 18.4. The van der Waals surface area contributed by atoms with Crippen molar-refractivity contribution in [2.24, 2.45) is 5.92 Å². The van der Waals surface area contributed by atoms with Gasteiger partial charge in [-0.2, -0.15) is 4.31 Å². The van der Waals surface area contributed by atoms with Crippen LogP contribution in [0.15, 0.2) is 47.4 Å². The molecule has 0 bridgehead atoms. The van der Waals surface area contributed by atoms with Crippen LogP contribution >= 0.6 is 0 Å². The number of rotatable bonds is 8. The number of sulfonamides is 1. The quantitative estimate of drug-likeness (QED) is 0.644. The Labute approximate surface area is 178 Å². The van der Waals surface area contributed by atoms with Crippen LogP contribution in [0.5, 0.6) is 11.5 Å². The number of carbonyl (C=O) groups excluding carboxylic acids is 1. The molecule has 2 aromatic rings. The number of methoxy groups -OCH3 is 2. The Morgan fingerprint density at radius 1 is 1.10 bits per heavy atom. The van der Waals surface area contributed by atoms with Gasteiger partial charge in [0.2, 0.25) is 10.0 Å². The Hall–Kier alpha value is -2.58. The highest BCUT2D eigenvalue weighted by Crippen LogP contribution is 2.28. The number of Topliss-reactive ketones (excluding diaryl/α,β-unsaturated/α-hetero) is 1. The summed E-state index contributed by atoms with van der Waals surface area (Å²) in [6.45, 7) is 3.27. The van der Waals surface area contributed by atoms with Crippen molar-refractivity contribution in [3.05, 3.63) is 48.0 Å². The summed E-state index contributed by atoms with van der Waals surface area (Å²) in [5.74, 6) is 1.30. The monoisotopic (exact) mass is 432 g/mol. The molecule has 1 fully saturated rings. The number of anilines is 1. The molecule has 1 aliphatic rings. The first-order chi connectivity index (χ1) is 14.3. The average Bonchev–Trinajstić information content (AvgIpc) is 2.77. The first-order valence-electron chi connectivity index (χ1n) is 9.94. The van der Waals surface area contributed by atoms with Crippen molar-refractivity contribution < 1.29 is 22.7 Å². The fourth-order valence-corrected chi connectivity index (χ4v) is 5.15. The van der Waals surface area contributed by atoms with Crippen LogP contribution in [-0.4, -0.2) is 52.4 Å². The van der Waals surface area contributed by atoms with E-state index in [1.54, 1.807) is 46.8 Å². The van der Waals surface area contributed by atoms with Gasteiger partial charge in [-0.1, -0.05) is 6.92 Å². The fraction of sp³-hybridized carbons (Fsp3) is 0.409. The summed E-state index contributed by atoms with van der Waals surface area (Å²) in [5.41, 5.74) is 1.17. The highest BCUT2D eigenvalue weighted by atomic mass is 32.2. The molecular formula is C22H28N2O5S. The molecular weight excluding hydrogens is 404 g/mol. The second kappa shape index (κ2) is 9.49. The van der Waals surface area contributed by atoms with Crippen LogP contribution in [0.3, 0.4) is 0 Å². The fourth-order valence-electron chi connectivity index (χ4n) is 3.55. The number of piperidine rings is 1. The van der Waals surface area contributed by atoms with Gasteiger partial charge in [0.05, 0.1) is 25.7 Å². The SMILES string of the molecule is COc1ccc(C(=O)CNc2ccc(S(=O)(=O)N3CCCC(C)C3)cc2)cc1OC. The number of ketones is 1. The van der Waals surface area contributed by atoms with E-state index < -0.39 is 10.0 Å². The Bertz CT molecular complexity index is 989. The Morgan fingerprint density at radius 3 is 2.43 bits per heavy atom. The summed E-state index contributed by atoms with van der Waals surface area (Å²) in [5, 5.41) is 3.04. The minimum Gasteiger partial charge on any atom is -0.493 e. The maximum Gasteiger partial charge on any atom is 0.243 e. The normalized spacial score (nSPS) is 17.4. The minimum atomic E-state index is -3.49. The van der Waals surface area contributed by atoms with Crippen LogP contribution in [0.2, 0.25) is 0 Å². The highest BCUT2D eigenvalue weighted by Gasteiger charge is 2.28. The van der Waals surface area contributed by atoms with Gasteiger partial charge in [-0.15, -0.1) is 0 Å². The Kier molecular flexibility index (Phi) is 6.99. The number of hydrogen-bond acceptors (Lipinski definition) is 6. The molecule has 30 heavy (non-hydrogen) atoms. The molecule has 0 spiro atoms. The zero-order chi connectivity index (χ0) is 21.7. The first kappa shape index (κ1) is 22.1. The van der Waals surface area contributed by atoms with Crippen molar-refractivity contribution >= 4 is 21.5 Å². The van der Waals surface area contributed by atoms with Crippen LogP contribution in [0.25, 0.3) is 0 Å². The van der Waals surface area contributed by atoms with E-state index in [1.807, 2.05) is 0 Å². The molecule has 1 N–H and O–H groups in total. The van der Waals surface area contributed by atoms with E-state index in [4.69, 9.17) is 9.47 Å². The summed E-state index contributed by atoms with van der Waals surface area (Å²) in [6.07, 6.45) is 1.95. The van der Waals surface area contributed by atoms with Crippen molar-refractivity contribution in [1.29, 1.82) is 0 Å². The van der Waals surface area contributed by atoms with Gasteiger partial charge in [-0.25, -0.2) is 8.42 Å². The molecule has 0 amide bonds. The predicted molar refractivity (Wildman–Crippen MR) is 116 cm³/mol. The lowest BCUT2D eigenvalue weighted by Gasteiger charge is -2.30. The number of ether oxygens (including phenoxy) is 2. The van der Waals surface area contributed by atoms with Crippen molar-refractivity contribution in [2.75, 3.05) is 39.2 Å². The van der Waals surface area contributed by atoms with E-state index >= 15 is 0 Å². The smallest absolute Gasteiger partial charge is 0.243 e. The lowest BCUT2D eigenvalue weighted by molar-refractivity contribution is 0.101. The van der Waals surface area contributed by atoms with E-state index in [9.17, 15) is 13.2 Å². The summed E-state index contributed by atoms with van der Waals surface area (Å²) >= 11 is 0. The summed E-state index contributed by atoms with van der Waals surface area (Å²) in [6, 6.07) is 11.5. The number of carbonyl (C=O) groups is 1. The van der Waals surface area contributed by atoms with Gasteiger partial charge in [-0.05, 0) is 61.2 Å². The lowest BCUT2D eigenvalue weighted by Crippen LogP contribution is -2.39. The molecule has 1 heterocycles. The standard InChI is InChI=1S/C22H28N2O5S/c1-16-5-4-12-24(15-16)30(26,27)19-9-7-18(8-10-19)23-14-20(25)17-6-11-21(28-2)22(13-17)29-3/h6-11,13,16,23H,4-5,12,14-15H2,1-3H3. The Balaban J connectivity index is 1.64. The topological polar surface area (TPSA) is 84.9 Å². The van der Waals surface area contributed by atoms with Crippen LogP contribution in [0.4, 0.5) is 5.69 Å². The van der Waals surface area contributed by atoms with E-state index in [2.05, 4.69) is 12.2 Å². The molecule has 0 aliphatic carbocycles. The van der Waals surface area contributed by atoms with Gasteiger partial charge in [-0.3, -0.25) is 4.79 Å². The second-order valence-corrected chi connectivity index (χ2v) is 9.42. The molecule has 8 heteroatoms. The van der Waals surface area contributed by atoms with Crippen LogP contribution in [0, 0.1) is 5.92 Å². The van der Waals surface area contributed by atoms with Crippen LogP contribution in [-0.2, 0) is 10.0 Å². The molecule has 1 aliphatic heterocycles. The first-order valence-corrected chi connectivity index (χ1v) is 11.4. The molecule has 7 nitrogen and oxygen atoms in total. The van der Waals surface area contributed by atoms with Gasteiger partial charge >= 0.3 is 0 Å². The van der Waals surface area contributed by atoms with Gasteiger partial charge < -0.3 is 14.8 Å². The molecule has 0 aromatic heterocycles. The summed E-state index contributed by atoms with van der Waals surface area (Å²) in [4.78, 5) is 12.8. The summed E-state index contributed by atoms with van der Waals surface area (Å²) < 4.78 is 37.7. The molecule has 1 unspecified atom stereocenters. The van der Waals surface area contributed by atoms with Crippen molar-refractivity contribution in [2.45, 2.75) is 24.7 Å². The van der Waals surface area contributed by atoms with Crippen molar-refractivity contribution in [1.82, 2.24) is 4.31 Å². The lowest BCUT2D eigenvalue weighted by atomic mass is 10.0.